The van der Waals surface area contributed by atoms with Gasteiger partial charge in [0, 0.05) is 12.0 Å². The SMILES string of the molecule is CC(C)Oc1cc(C(C)C(C)O)ncn1. The second kappa shape index (κ2) is 5.07. The second-order valence-corrected chi connectivity index (χ2v) is 3.98. The minimum Gasteiger partial charge on any atom is -0.475 e. The van der Waals surface area contributed by atoms with Crippen molar-refractivity contribution in [1.82, 2.24) is 9.97 Å². The molecule has 1 heterocycles. The zero-order valence-corrected chi connectivity index (χ0v) is 9.64. The third kappa shape index (κ3) is 3.47. The van der Waals surface area contributed by atoms with Gasteiger partial charge in [0.15, 0.2) is 0 Å². The zero-order chi connectivity index (χ0) is 11.4. The van der Waals surface area contributed by atoms with E-state index in [1.807, 2.05) is 20.8 Å². The minimum absolute atomic E-state index is 0.0116. The molecule has 0 radical (unpaired) electrons. The van der Waals surface area contributed by atoms with Crippen molar-refractivity contribution in [1.29, 1.82) is 0 Å². The smallest absolute Gasteiger partial charge is 0.216 e. The van der Waals surface area contributed by atoms with Crippen LogP contribution in [0.15, 0.2) is 12.4 Å². The Labute approximate surface area is 90.3 Å². The van der Waals surface area contributed by atoms with E-state index in [1.165, 1.54) is 6.33 Å². The molecule has 0 aliphatic heterocycles. The number of aromatic nitrogens is 2. The van der Waals surface area contributed by atoms with E-state index in [-0.39, 0.29) is 12.0 Å². The first-order valence-electron chi connectivity index (χ1n) is 5.17. The Hall–Kier alpha value is -1.16. The highest BCUT2D eigenvalue weighted by Crippen LogP contribution is 2.19. The summed E-state index contributed by atoms with van der Waals surface area (Å²) < 4.78 is 5.45. The van der Waals surface area contributed by atoms with Gasteiger partial charge < -0.3 is 9.84 Å². The highest BCUT2D eigenvalue weighted by Gasteiger charge is 2.14. The van der Waals surface area contributed by atoms with E-state index in [0.717, 1.165) is 5.69 Å². The third-order valence-electron chi connectivity index (χ3n) is 2.21. The molecule has 84 valence electrons. The summed E-state index contributed by atoms with van der Waals surface area (Å²) in [4.78, 5) is 8.12. The van der Waals surface area contributed by atoms with Crippen LogP contribution in [0.2, 0.25) is 0 Å². The zero-order valence-electron chi connectivity index (χ0n) is 9.64. The van der Waals surface area contributed by atoms with Crippen LogP contribution in [0, 0.1) is 0 Å². The molecule has 0 spiro atoms. The fraction of sp³-hybridized carbons (Fsp3) is 0.636. The van der Waals surface area contributed by atoms with Crippen LogP contribution < -0.4 is 4.74 Å². The first-order valence-corrected chi connectivity index (χ1v) is 5.17. The number of ether oxygens (including phenoxy) is 1. The molecule has 0 aromatic carbocycles. The van der Waals surface area contributed by atoms with E-state index in [9.17, 15) is 5.11 Å². The van der Waals surface area contributed by atoms with Gasteiger partial charge in [0.05, 0.1) is 17.9 Å². The van der Waals surface area contributed by atoms with Crippen molar-refractivity contribution >= 4 is 0 Å². The van der Waals surface area contributed by atoms with Crippen LogP contribution in [0.4, 0.5) is 0 Å². The van der Waals surface area contributed by atoms with E-state index in [0.29, 0.717) is 5.88 Å². The van der Waals surface area contributed by atoms with Crippen LogP contribution >= 0.6 is 0 Å². The maximum atomic E-state index is 9.45. The molecule has 0 saturated heterocycles. The lowest BCUT2D eigenvalue weighted by Gasteiger charge is -2.15. The lowest BCUT2D eigenvalue weighted by molar-refractivity contribution is 0.166. The largest absolute Gasteiger partial charge is 0.475 e. The molecule has 0 bridgehead atoms. The monoisotopic (exact) mass is 210 g/mol. The summed E-state index contributed by atoms with van der Waals surface area (Å²) in [7, 11) is 0. The van der Waals surface area contributed by atoms with Crippen molar-refractivity contribution in [3.8, 4) is 5.88 Å². The van der Waals surface area contributed by atoms with Crippen molar-refractivity contribution in [2.75, 3.05) is 0 Å². The van der Waals surface area contributed by atoms with Crippen LogP contribution in [-0.2, 0) is 0 Å². The molecule has 0 fully saturated rings. The summed E-state index contributed by atoms with van der Waals surface area (Å²) in [5.74, 6) is 0.546. The van der Waals surface area contributed by atoms with Crippen molar-refractivity contribution in [3.63, 3.8) is 0 Å². The van der Waals surface area contributed by atoms with Gasteiger partial charge in [0.25, 0.3) is 0 Å². The maximum Gasteiger partial charge on any atom is 0.216 e. The average Bonchev–Trinajstić information content (AvgIpc) is 2.16. The molecule has 1 rings (SSSR count). The Bertz CT molecular complexity index is 313. The number of hydrogen-bond donors (Lipinski definition) is 1. The van der Waals surface area contributed by atoms with E-state index in [1.54, 1.807) is 13.0 Å². The Balaban J connectivity index is 2.82. The molecule has 1 N–H and O–H groups in total. The average molecular weight is 210 g/mol. The topological polar surface area (TPSA) is 55.2 Å². The molecule has 4 heteroatoms. The Morgan fingerprint density at radius 1 is 1.20 bits per heavy atom. The fourth-order valence-electron chi connectivity index (χ4n) is 1.16. The molecule has 0 amide bonds. The molecule has 0 aliphatic carbocycles. The lowest BCUT2D eigenvalue weighted by Crippen LogP contribution is -2.14. The fourth-order valence-corrected chi connectivity index (χ4v) is 1.16. The van der Waals surface area contributed by atoms with Gasteiger partial charge in [-0.2, -0.15) is 0 Å². The number of nitrogens with zero attached hydrogens (tertiary/aromatic N) is 2. The quantitative estimate of drug-likeness (QED) is 0.822. The van der Waals surface area contributed by atoms with E-state index in [4.69, 9.17) is 4.74 Å². The Morgan fingerprint density at radius 3 is 2.40 bits per heavy atom. The summed E-state index contributed by atoms with van der Waals surface area (Å²) in [6.07, 6.45) is 1.13. The highest BCUT2D eigenvalue weighted by molar-refractivity contribution is 5.17. The summed E-state index contributed by atoms with van der Waals surface area (Å²) >= 11 is 0. The summed E-state index contributed by atoms with van der Waals surface area (Å²) in [6, 6.07) is 1.78. The van der Waals surface area contributed by atoms with Crippen molar-refractivity contribution in [2.24, 2.45) is 0 Å². The standard InChI is InChI=1S/C11H18N2O2/c1-7(2)15-11-5-10(12-6-13-11)8(3)9(4)14/h5-9,14H,1-4H3. The number of rotatable bonds is 4. The Morgan fingerprint density at radius 2 is 1.87 bits per heavy atom. The predicted octanol–water partition coefficient (Wildman–Crippen LogP) is 1.75. The lowest BCUT2D eigenvalue weighted by atomic mass is 10.0. The molecule has 0 aliphatic rings. The van der Waals surface area contributed by atoms with Gasteiger partial charge in [0.2, 0.25) is 5.88 Å². The van der Waals surface area contributed by atoms with Crippen molar-refractivity contribution in [3.05, 3.63) is 18.1 Å². The van der Waals surface area contributed by atoms with Crippen LogP contribution in [0.25, 0.3) is 0 Å². The minimum atomic E-state index is -0.424. The van der Waals surface area contributed by atoms with Crippen molar-refractivity contribution < 1.29 is 9.84 Å². The molecule has 2 atom stereocenters. The molecule has 1 aromatic rings. The van der Waals surface area contributed by atoms with E-state index in [2.05, 4.69) is 9.97 Å². The van der Waals surface area contributed by atoms with Gasteiger partial charge in [-0.15, -0.1) is 0 Å². The van der Waals surface area contributed by atoms with Gasteiger partial charge >= 0.3 is 0 Å². The van der Waals surface area contributed by atoms with Gasteiger partial charge in [-0.25, -0.2) is 9.97 Å². The van der Waals surface area contributed by atoms with Crippen LogP contribution in [0.5, 0.6) is 5.88 Å². The van der Waals surface area contributed by atoms with E-state index < -0.39 is 6.10 Å². The summed E-state index contributed by atoms with van der Waals surface area (Å²) in [6.45, 7) is 7.56. The van der Waals surface area contributed by atoms with Crippen LogP contribution in [-0.4, -0.2) is 27.3 Å². The summed E-state index contributed by atoms with van der Waals surface area (Å²) in [5, 5.41) is 9.45. The Kier molecular flexibility index (Phi) is 4.03. The summed E-state index contributed by atoms with van der Waals surface area (Å²) in [5.41, 5.74) is 0.802. The molecular weight excluding hydrogens is 192 g/mol. The molecule has 1 aromatic heterocycles. The maximum absolute atomic E-state index is 9.45. The first kappa shape index (κ1) is 11.9. The van der Waals surface area contributed by atoms with Crippen LogP contribution in [0.3, 0.4) is 0 Å². The van der Waals surface area contributed by atoms with Crippen LogP contribution in [0.1, 0.15) is 39.3 Å². The molecule has 4 nitrogen and oxygen atoms in total. The number of aliphatic hydroxyl groups excluding tert-OH is 1. The number of aliphatic hydroxyl groups is 1. The first-order chi connectivity index (χ1) is 7.00. The molecule has 2 unspecified atom stereocenters. The molecule has 0 saturated carbocycles. The van der Waals surface area contributed by atoms with Gasteiger partial charge in [-0.1, -0.05) is 6.92 Å². The predicted molar refractivity (Wildman–Crippen MR) is 57.9 cm³/mol. The highest BCUT2D eigenvalue weighted by atomic mass is 16.5. The van der Waals surface area contributed by atoms with E-state index >= 15 is 0 Å². The number of hydrogen-bond acceptors (Lipinski definition) is 4. The molecule has 15 heavy (non-hydrogen) atoms. The second-order valence-electron chi connectivity index (χ2n) is 3.98. The third-order valence-corrected chi connectivity index (χ3v) is 2.21. The molecular formula is C11H18N2O2. The normalized spacial score (nSPS) is 15.1. The van der Waals surface area contributed by atoms with Crippen molar-refractivity contribution in [2.45, 2.75) is 45.8 Å². The van der Waals surface area contributed by atoms with Gasteiger partial charge in [-0.3, -0.25) is 0 Å². The van der Waals surface area contributed by atoms with Gasteiger partial charge in [0.1, 0.15) is 6.33 Å². The van der Waals surface area contributed by atoms with Gasteiger partial charge in [-0.05, 0) is 20.8 Å².